The Bertz CT molecular complexity index is 1030. The molecule has 0 aliphatic heterocycles. The van der Waals surface area contributed by atoms with E-state index in [0.29, 0.717) is 22.2 Å². The number of rotatable bonds is 3. The number of hydrogen-bond acceptors (Lipinski definition) is 4. The van der Waals surface area contributed by atoms with Gasteiger partial charge < -0.3 is 9.72 Å². The maximum atomic E-state index is 12.2. The SMILES string of the molecule is COc1ccc(-c2[nH]c3cc(C#N)c(C#N)cc3c2C(C)=O)cc1. The lowest BCUT2D eigenvalue weighted by Crippen LogP contribution is -1.94. The number of methoxy groups -OCH3 is 1. The van der Waals surface area contributed by atoms with Gasteiger partial charge in [0.2, 0.25) is 0 Å². The topological polar surface area (TPSA) is 89.7 Å². The second kappa shape index (κ2) is 5.91. The number of H-pyrrole nitrogens is 1. The minimum atomic E-state index is -0.110. The number of aromatic nitrogens is 1. The van der Waals surface area contributed by atoms with Crippen LogP contribution in [0.1, 0.15) is 28.4 Å². The highest BCUT2D eigenvalue weighted by Crippen LogP contribution is 2.33. The van der Waals surface area contributed by atoms with Gasteiger partial charge in [-0.05, 0) is 48.9 Å². The first kappa shape index (κ1) is 15.3. The van der Waals surface area contributed by atoms with Gasteiger partial charge in [0.1, 0.15) is 17.9 Å². The smallest absolute Gasteiger partial charge is 0.162 e. The Kier molecular flexibility index (Phi) is 3.77. The molecule has 5 heteroatoms. The molecule has 1 aromatic heterocycles. The summed E-state index contributed by atoms with van der Waals surface area (Å²) in [6.07, 6.45) is 0. The highest BCUT2D eigenvalue weighted by Gasteiger charge is 2.18. The van der Waals surface area contributed by atoms with Crippen molar-refractivity contribution in [3.8, 4) is 29.1 Å². The Balaban J connectivity index is 2.31. The maximum Gasteiger partial charge on any atom is 0.162 e. The molecule has 0 radical (unpaired) electrons. The summed E-state index contributed by atoms with van der Waals surface area (Å²) in [7, 11) is 1.59. The Morgan fingerprint density at radius 2 is 1.71 bits per heavy atom. The van der Waals surface area contributed by atoms with Crippen molar-refractivity contribution in [2.45, 2.75) is 6.92 Å². The van der Waals surface area contributed by atoms with Crippen LogP contribution in [0.4, 0.5) is 0 Å². The van der Waals surface area contributed by atoms with E-state index in [9.17, 15) is 15.3 Å². The fourth-order valence-electron chi connectivity index (χ4n) is 2.77. The highest BCUT2D eigenvalue weighted by atomic mass is 16.5. The number of carbonyl (C=O) groups excluding carboxylic acids is 1. The van der Waals surface area contributed by atoms with E-state index < -0.39 is 0 Å². The lowest BCUT2D eigenvalue weighted by Gasteiger charge is -2.04. The molecule has 0 amide bonds. The number of nitrogens with zero attached hydrogens (tertiary/aromatic N) is 2. The molecule has 24 heavy (non-hydrogen) atoms. The van der Waals surface area contributed by atoms with Crippen LogP contribution in [0.3, 0.4) is 0 Å². The van der Waals surface area contributed by atoms with Gasteiger partial charge in [0.15, 0.2) is 5.78 Å². The number of aromatic amines is 1. The molecule has 0 spiro atoms. The molecular formula is C19H13N3O2. The molecule has 0 aliphatic rings. The number of nitrogens with one attached hydrogen (secondary N) is 1. The van der Waals surface area contributed by atoms with Gasteiger partial charge in [-0.2, -0.15) is 10.5 Å². The van der Waals surface area contributed by atoms with E-state index in [1.165, 1.54) is 6.92 Å². The van der Waals surface area contributed by atoms with E-state index >= 15 is 0 Å². The molecule has 0 atom stereocenters. The van der Waals surface area contributed by atoms with Crippen LogP contribution in [-0.4, -0.2) is 17.9 Å². The molecule has 1 N–H and O–H groups in total. The zero-order chi connectivity index (χ0) is 17.3. The number of carbonyl (C=O) groups is 1. The van der Waals surface area contributed by atoms with E-state index in [4.69, 9.17) is 4.74 Å². The van der Waals surface area contributed by atoms with Gasteiger partial charge in [-0.1, -0.05) is 0 Å². The van der Waals surface area contributed by atoms with Gasteiger partial charge >= 0.3 is 0 Å². The minimum absolute atomic E-state index is 0.110. The lowest BCUT2D eigenvalue weighted by molar-refractivity contribution is 0.102. The van der Waals surface area contributed by atoms with Crippen molar-refractivity contribution in [1.82, 2.24) is 4.98 Å². The standard InChI is InChI=1S/C19H13N3O2/c1-11(23)18-16-7-13(9-20)14(10-21)8-17(16)22-19(18)12-3-5-15(24-2)6-4-12/h3-8,22H,1-2H3. The minimum Gasteiger partial charge on any atom is -0.497 e. The second-order valence-corrected chi connectivity index (χ2v) is 5.33. The third-order valence-electron chi connectivity index (χ3n) is 3.91. The summed E-state index contributed by atoms with van der Waals surface area (Å²) in [5, 5.41) is 19.0. The second-order valence-electron chi connectivity index (χ2n) is 5.33. The molecule has 0 saturated carbocycles. The summed E-state index contributed by atoms with van der Waals surface area (Å²) in [4.78, 5) is 15.4. The van der Waals surface area contributed by atoms with Crippen LogP contribution >= 0.6 is 0 Å². The maximum absolute atomic E-state index is 12.2. The van der Waals surface area contributed by atoms with Gasteiger partial charge in [0, 0.05) is 10.9 Å². The Morgan fingerprint density at radius 1 is 1.08 bits per heavy atom. The van der Waals surface area contributed by atoms with E-state index in [1.54, 1.807) is 19.2 Å². The Labute approximate surface area is 138 Å². The number of ether oxygens (including phenoxy) is 1. The number of nitriles is 2. The number of benzene rings is 2. The molecule has 5 nitrogen and oxygen atoms in total. The monoisotopic (exact) mass is 315 g/mol. The summed E-state index contributed by atoms with van der Waals surface area (Å²) >= 11 is 0. The molecule has 3 aromatic rings. The van der Waals surface area contributed by atoms with Crippen LogP contribution < -0.4 is 4.74 Å². The lowest BCUT2D eigenvalue weighted by atomic mass is 9.99. The van der Waals surface area contributed by atoms with E-state index in [0.717, 1.165) is 11.3 Å². The van der Waals surface area contributed by atoms with Gasteiger partial charge in [0.25, 0.3) is 0 Å². The zero-order valence-electron chi connectivity index (χ0n) is 13.2. The fraction of sp³-hybridized carbons (Fsp3) is 0.105. The normalized spacial score (nSPS) is 10.2. The third-order valence-corrected chi connectivity index (χ3v) is 3.91. The predicted octanol–water partition coefficient (Wildman–Crippen LogP) is 3.79. The van der Waals surface area contributed by atoms with Crippen LogP contribution in [0, 0.1) is 22.7 Å². The van der Waals surface area contributed by atoms with Crippen molar-refractivity contribution >= 4 is 16.7 Å². The Hall–Kier alpha value is -3.57. The first-order chi connectivity index (χ1) is 11.6. The predicted molar refractivity (Wildman–Crippen MR) is 89.7 cm³/mol. The average molecular weight is 315 g/mol. The van der Waals surface area contributed by atoms with Crippen LogP contribution in [0.25, 0.3) is 22.2 Å². The number of fused-ring (bicyclic) bond motifs is 1. The molecule has 0 fully saturated rings. The summed E-state index contributed by atoms with van der Waals surface area (Å²) in [5.74, 6) is 0.610. The summed E-state index contributed by atoms with van der Waals surface area (Å²) in [6.45, 7) is 1.49. The van der Waals surface area contributed by atoms with Crippen LogP contribution in [-0.2, 0) is 0 Å². The molecule has 116 valence electrons. The molecule has 0 aliphatic carbocycles. The molecule has 0 saturated heterocycles. The number of hydrogen-bond donors (Lipinski definition) is 1. The quantitative estimate of drug-likeness (QED) is 0.745. The molecule has 3 rings (SSSR count). The number of ketones is 1. The van der Waals surface area contributed by atoms with E-state index in [2.05, 4.69) is 4.98 Å². The summed E-state index contributed by atoms with van der Waals surface area (Å²) in [5.41, 5.74) is 3.20. The van der Waals surface area contributed by atoms with Gasteiger partial charge in [0.05, 0.1) is 29.5 Å². The van der Waals surface area contributed by atoms with Crippen LogP contribution in [0.5, 0.6) is 5.75 Å². The van der Waals surface area contributed by atoms with Crippen molar-refractivity contribution in [1.29, 1.82) is 10.5 Å². The van der Waals surface area contributed by atoms with Gasteiger partial charge in [-0.15, -0.1) is 0 Å². The van der Waals surface area contributed by atoms with E-state index in [-0.39, 0.29) is 16.9 Å². The zero-order valence-corrected chi connectivity index (χ0v) is 13.2. The molecule has 1 heterocycles. The average Bonchev–Trinajstić information content (AvgIpc) is 2.98. The van der Waals surface area contributed by atoms with Crippen molar-refractivity contribution in [2.75, 3.05) is 7.11 Å². The number of Topliss-reactive ketones (excluding diaryl/α,β-unsaturated/α-hetero) is 1. The molecule has 0 unspecified atom stereocenters. The van der Waals surface area contributed by atoms with Gasteiger partial charge in [-0.25, -0.2) is 0 Å². The molecular weight excluding hydrogens is 302 g/mol. The summed E-state index contributed by atoms with van der Waals surface area (Å²) in [6, 6.07) is 14.5. The first-order valence-electron chi connectivity index (χ1n) is 7.24. The van der Waals surface area contributed by atoms with Crippen LogP contribution in [0.15, 0.2) is 36.4 Å². The first-order valence-corrected chi connectivity index (χ1v) is 7.24. The highest BCUT2D eigenvalue weighted by molar-refractivity contribution is 6.12. The third kappa shape index (κ3) is 2.39. The van der Waals surface area contributed by atoms with Crippen LogP contribution in [0.2, 0.25) is 0 Å². The van der Waals surface area contributed by atoms with Crippen molar-refractivity contribution in [3.05, 3.63) is 53.1 Å². The largest absolute Gasteiger partial charge is 0.497 e. The summed E-state index contributed by atoms with van der Waals surface area (Å²) < 4.78 is 5.15. The van der Waals surface area contributed by atoms with E-state index in [1.807, 2.05) is 36.4 Å². The van der Waals surface area contributed by atoms with Crippen molar-refractivity contribution in [2.24, 2.45) is 0 Å². The van der Waals surface area contributed by atoms with Crippen molar-refractivity contribution in [3.63, 3.8) is 0 Å². The molecule has 2 aromatic carbocycles. The van der Waals surface area contributed by atoms with Gasteiger partial charge in [-0.3, -0.25) is 4.79 Å². The Morgan fingerprint density at radius 3 is 2.25 bits per heavy atom. The molecule has 0 bridgehead atoms. The van der Waals surface area contributed by atoms with Crippen molar-refractivity contribution < 1.29 is 9.53 Å². The fourth-order valence-corrected chi connectivity index (χ4v) is 2.77.